The predicted octanol–water partition coefficient (Wildman–Crippen LogP) is 3.94. The van der Waals surface area contributed by atoms with E-state index in [1.807, 2.05) is 0 Å². The number of halogens is 4. The van der Waals surface area contributed by atoms with E-state index in [9.17, 15) is 18.4 Å². The number of rotatable bonds is 8. The van der Waals surface area contributed by atoms with Crippen LogP contribution in [0.4, 0.5) is 8.78 Å². The average Bonchev–Trinajstić information content (AvgIpc) is 2.78. The summed E-state index contributed by atoms with van der Waals surface area (Å²) >= 11 is 3.26. The van der Waals surface area contributed by atoms with Gasteiger partial charge in [0.25, 0.3) is 11.5 Å². The molecule has 0 saturated heterocycles. The van der Waals surface area contributed by atoms with E-state index in [0.29, 0.717) is 30.9 Å². The number of nitrogens with zero attached hydrogens (tertiary/aromatic N) is 1. The van der Waals surface area contributed by atoms with E-state index in [1.54, 1.807) is 41.8 Å². The van der Waals surface area contributed by atoms with Crippen LogP contribution in [0, 0.1) is 18.6 Å². The molecule has 1 aromatic heterocycles. The van der Waals surface area contributed by atoms with Crippen molar-refractivity contribution in [3.8, 4) is 5.75 Å². The van der Waals surface area contributed by atoms with Gasteiger partial charge in [0.05, 0.1) is 6.54 Å². The third-order valence-electron chi connectivity index (χ3n) is 4.80. The molecule has 0 saturated carbocycles. The van der Waals surface area contributed by atoms with Crippen molar-refractivity contribution in [2.24, 2.45) is 5.73 Å². The normalized spacial score (nSPS) is 10.5. The Hall–Kier alpha value is -2.75. The highest BCUT2D eigenvalue weighted by molar-refractivity contribution is 9.10. The Bertz CT molecular complexity index is 1190. The van der Waals surface area contributed by atoms with Gasteiger partial charge >= 0.3 is 0 Å². The van der Waals surface area contributed by atoms with Gasteiger partial charge in [0.2, 0.25) is 0 Å². The molecule has 0 fully saturated rings. The van der Waals surface area contributed by atoms with E-state index in [-0.39, 0.29) is 46.3 Å². The first-order valence-corrected chi connectivity index (χ1v) is 10.6. The molecule has 0 aliphatic carbocycles. The lowest BCUT2D eigenvalue weighted by Gasteiger charge is -2.15. The fraction of sp³-hybridized carbons (Fsp3) is 0.217. The molecule has 33 heavy (non-hydrogen) atoms. The van der Waals surface area contributed by atoms with Crippen molar-refractivity contribution >= 4 is 34.2 Å². The monoisotopic (exact) mass is 541 g/mol. The number of ether oxygens (including phenoxy) is 1. The quantitative estimate of drug-likeness (QED) is 0.452. The van der Waals surface area contributed by atoms with Crippen LogP contribution in [0.25, 0.3) is 0 Å². The van der Waals surface area contributed by atoms with Crippen molar-refractivity contribution in [1.29, 1.82) is 0 Å². The standard InChI is InChI=1S/C23H22BrF2N3O3.ClH/c1-14-10-20(32-13-17-6-7-18(25)11-19(17)26)21(24)23(31)29(14)12-15-2-4-16(5-3-15)22(30)28-9-8-27;/h2-7,10-11H,8-9,12-13,27H2,1H3,(H,28,30);1H. The summed E-state index contributed by atoms with van der Waals surface area (Å²) in [6.07, 6.45) is 0. The zero-order chi connectivity index (χ0) is 23.3. The van der Waals surface area contributed by atoms with Crippen molar-refractivity contribution < 1.29 is 18.3 Å². The van der Waals surface area contributed by atoms with Gasteiger partial charge in [0.15, 0.2) is 0 Å². The SMILES string of the molecule is Cc1cc(OCc2ccc(F)cc2F)c(Br)c(=O)n1Cc1ccc(C(=O)NCCN)cc1.Cl. The zero-order valence-corrected chi connectivity index (χ0v) is 20.1. The third kappa shape index (κ3) is 6.63. The van der Waals surface area contributed by atoms with Crippen LogP contribution in [0.2, 0.25) is 0 Å². The van der Waals surface area contributed by atoms with Crippen LogP contribution in [-0.2, 0) is 13.2 Å². The summed E-state index contributed by atoms with van der Waals surface area (Å²) in [5.41, 5.74) is 7.22. The van der Waals surface area contributed by atoms with Crippen molar-refractivity contribution in [3.63, 3.8) is 0 Å². The van der Waals surface area contributed by atoms with E-state index in [0.717, 1.165) is 17.7 Å². The van der Waals surface area contributed by atoms with Crippen LogP contribution in [0.3, 0.4) is 0 Å². The predicted molar refractivity (Wildman–Crippen MR) is 128 cm³/mol. The molecular weight excluding hydrogens is 520 g/mol. The molecule has 3 aromatic rings. The summed E-state index contributed by atoms with van der Waals surface area (Å²) in [4.78, 5) is 24.8. The van der Waals surface area contributed by atoms with Gasteiger partial charge in [-0.2, -0.15) is 0 Å². The first kappa shape index (κ1) is 26.5. The summed E-state index contributed by atoms with van der Waals surface area (Å²) in [6.45, 7) is 2.65. The summed E-state index contributed by atoms with van der Waals surface area (Å²) in [6, 6.07) is 11.8. The van der Waals surface area contributed by atoms with Crippen LogP contribution < -0.4 is 21.3 Å². The number of hydrogen-bond donors (Lipinski definition) is 2. The molecule has 3 N–H and O–H groups in total. The number of nitrogens with one attached hydrogen (secondary N) is 1. The van der Waals surface area contributed by atoms with Crippen LogP contribution in [0.15, 0.2) is 57.8 Å². The second-order valence-electron chi connectivity index (χ2n) is 7.12. The molecule has 0 aliphatic heterocycles. The summed E-state index contributed by atoms with van der Waals surface area (Å²) < 4.78 is 34.2. The van der Waals surface area contributed by atoms with E-state index in [2.05, 4.69) is 21.2 Å². The fourth-order valence-electron chi connectivity index (χ4n) is 3.04. The van der Waals surface area contributed by atoms with Crippen molar-refractivity contribution in [2.45, 2.75) is 20.1 Å². The number of pyridine rings is 1. The van der Waals surface area contributed by atoms with Gasteiger partial charge in [-0.25, -0.2) is 8.78 Å². The van der Waals surface area contributed by atoms with Gasteiger partial charge in [-0.05, 0) is 52.7 Å². The summed E-state index contributed by atoms with van der Waals surface area (Å²) in [5, 5.41) is 2.70. The minimum atomic E-state index is -0.716. The van der Waals surface area contributed by atoms with Crippen LogP contribution in [-0.4, -0.2) is 23.6 Å². The van der Waals surface area contributed by atoms with Gasteiger partial charge in [-0.15, -0.1) is 12.4 Å². The van der Waals surface area contributed by atoms with Crippen molar-refractivity contribution in [3.05, 3.63) is 97.4 Å². The maximum atomic E-state index is 13.8. The Labute approximate surface area is 204 Å². The average molecular weight is 543 g/mol. The minimum Gasteiger partial charge on any atom is -0.487 e. The molecule has 0 unspecified atom stereocenters. The Morgan fingerprint density at radius 1 is 1.15 bits per heavy atom. The lowest BCUT2D eigenvalue weighted by Crippen LogP contribution is -2.29. The Morgan fingerprint density at radius 3 is 2.48 bits per heavy atom. The molecule has 1 amide bonds. The molecule has 176 valence electrons. The zero-order valence-electron chi connectivity index (χ0n) is 17.7. The summed E-state index contributed by atoms with van der Waals surface area (Å²) in [5.74, 6) is -1.34. The number of carbonyl (C=O) groups excluding carboxylic acids is 1. The largest absolute Gasteiger partial charge is 0.487 e. The van der Waals surface area contributed by atoms with E-state index < -0.39 is 11.6 Å². The lowest BCUT2D eigenvalue weighted by atomic mass is 10.1. The topological polar surface area (TPSA) is 86.3 Å². The molecule has 3 rings (SSSR count). The maximum absolute atomic E-state index is 13.8. The number of benzene rings is 2. The molecular formula is C23H23BrClF2N3O3. The molecule has 0 atom stereocenters. The highest BCUT2D eigenvalue weighted by Crippen LogP contribution is 2.24. The molecule has 2 aromatic carbocycles. The molecule has 0 spiro atoms. The molecule has 0 bridgehead atoms. The Kier molecular flexibility index (Phi) is 9.57. The molecule has 1 heterocycles. The first-order chi connectivity index (χ1) is 15.3. The van der Waals surface area contributed by atoms with Crippen molar-refractivity contribution in [2.75, 3.05) is 13.1 Å². The first-order valence-electron chi connectivity index (χ1n) is 9.84. The fourth-order valence-corrected chi connectivity index (χ4v) is 3.49. The van der Waals surface area contributed by atoms with Gasteiger partial charge in [0.1, 0.15) is 28.5 Å². The minimum absolute atomic E-state index is 0. The van der Waals surface area contributed by atoms with E-state index in [1.165, 1.54) is 6.07 Å². The van der Waals surface area contributed by atoms with E-state index >= 15 is 0 Å². The highest BCUT2D eigenvalue weighted by Gasteiger charge is 2.14. The van der Waals surface area contributed by atoms with Crippen LogP contribution in [0.1, 0.15) is 27.2 Å². The van der Waals surface area contributed by atoms with Crippen LogP contribution >= 0.6 is 28.3 Å². The number of hydrogen-bond acceptors (Lipinski definition) is 4. The molecule has 10 heteroatoms. The smallest absolute Gasteiger partial charge is 0.269 e. The maximum Gasteiger partial charge on any atom is 0.269 e. The number of carbonyl (C=O) groups is 1. The number of amides is 1. The highest BCUT2D eigenvalue weighted by atomic mass is 79.9. The van der Waals surface area contributed by atoms with Crippen LogP contribution in [0.5, 0.6) is 5.75 Å². The Morgan fingerprint density at radius 2 is 1.85 bits per heavy atom. The van der Waals surface area contributed by atoms with Gasteiger partial charge in [-0.1, -0.05) is 12.1 Å². The van der Waals surface area contributed by atoms with Crippen molar-refractivity contribution in [1.82, 2.24) is 9.88 Å². The second kappa shape index (κ2) is 11.9. The molecule has 6 nitrogen and oxygen atoms in total. The number of aryl methyl sites for hydroxylation is 1. The van der Waals surface area contributed by atoms with Gasteiger partial charge in [-0.3, -0.25) is 9.59 Å². The van der Waals surface area contributed by atoms with Gasteiger partial charge < -0.3 is 20.4 Å². The second-order valence-corrected chi connectivity index (χ2v) is 7.91. The number of aromatic nitrogens is 1. The lowest BCUT2D eigenvalue weighted by molar-refractivity contribution is 0.0954. The Balaban J connectivity index is 0.00000385. The summed E-state index contributed by atoms with van der Waals surface area (Å²) in [7, 11) is 0. The molecule has 0 radical (unpaired) electrons. The molecule has 0 aliphatic rings. The third-order valence-corrected chi connectivity index (χ3v) is 5.53. The number of nitrogens with two attached hydrogens (primary N) is 1. The van der Waals surface area contributed by atoms with Gasteiger partial charge in [0, 0.05) is 42.0 Å². The van der Waals surface area contributed by atoms with E-state index in [4.69, 9.17) is 10.5 Å².